The average Bonchev–Trinajstić information content (AvgIpc) is 2.97. The van der Waals surface area contributed by atoms with Crippen molar-refractivity contribution in [3.63, 3.8) is 0 Å². The summed E-state index contributed by atoms with van der Waals surface area (Å²) in [5, 5.41) is 3.46. The predicted octanol–water partition coefficient (Wildman–Crippen LogP) is 6.87. The van der Waals surface area contributed by atoms with Gasteiger partial charge in [0.2, 0.25) is 5.91 Å². The molecular formula is C33H35FN4O3S. The van der Waals surface area contributed by atoms with E-state index in [1.807, 2.05) is 44.2 Å². The van der Waals surface area contributed by atoms with Crippen LogP contribution in [0.2, 0.25) is 0 Å². The number of hydrogen-bond acceptors (Lipinski definition) is 6. The van der Waals surface area contributed by atoms with Crippen LogP contribution in [0.1, 0.15) is 53.9 Å². The second kappa shape index (κ2) is 14.1. The number of amides is 2. The number of nitrogens with one attached hydrogen (secondary N) is 1. The molecule has 42 heavy (non-hydrogen) atoms. The van der Waals surface area contributed by atoms with Gasteiger partial charge >= 0.3 is 0 Å². The predicted molar refractivity (Wildman–Crippen MR) is 164 cm³/mol. The lowest BCUT2D eigenvalue weighted by Gasteiger charge is -2.32. The van der Waals surface area contributed by atoms with E-state index in [4.69, 9.17) is 4.74 Å². The number of ether oxygens (including phenoxy) is 1. The highest BCUT2D eigenvalue weighted by Gasteiger charge is 2.32. The van der Waals surface area contributed by atoms with Crippen LogP contribution in [0.25, 0.3) is 0 Å². The maximum atomic E-state index is 14.0. The lowest BCUT2D eigenvalue weighted by Crippen LogP contribution is -2.41. The number of rotatable bonds is 11. The quantitative estimate of drug-likeness (QED) is 0.153. The Morgan fingerprint density at radius 1 is 0.905 bits per heavy atom. The molecule has 218 valence electrons. The van der Waals surface area contributed by atoms with Gasteiger partial charge in [0.1, 0.15) is 17.6 Å². The number of methoxy groups -OCH3 is 1. The van der Waals surface area contributed by atoms with Crippen molar-refractivity contribution in [2.75, 3.05) is 18.2 Å². The smallest absolute Gasteiger partial charge is 0.251 e. The topological polar surface area (TPSA) is 84.4 Å². The number of aromatic nitrogens is 2. The van der Waals surface area contributed by atoms with E-state index in [2.05, 4.69) is 29.1 Å². The highest BCUT2D eigenvalue weighted by atomic mass is 32.2. The summed E-state index contributed by atoms with van der Waals surface area (Å²) in [6.45, 7) is 8.04. The van der Waals surface area contributed by atoms with E-state index in [0.29, 0.717) is 33.6 Å². The van der Waals surface area contributed by atoms with E-state index in [-0.39, 0.29) is 29.9 Å². The normalized spacial score (nSPS) is 11.7. The molecule has 2 amide bonds. The monoisotopic (exact) mass is 586 g/mol. The summed E-state index contributed by atoms with van der Waals surface area (Å²) in [7, 11) is 1.57. The molecule has 0 aliphatic heterocycles. The van der Waals surface area contributed by atoms with Gasteiger partial charge in [-0.25, -0.2) is 14.4 Å². The van der Waals surface area contributed by atoms with Crippen molar-refractivity contribution in [2.45, 2.75) is 51.4 Å². The van der Waals surface area contributed by atoms with E-state index in [9.17, 15) is 14.0 Å². The molecule has 0 saturated carbocycles. The summed E-state index contributed by atoms with van der Waals surface area (Å²) in [6.07, 6.45) is 0. The van der Waals surface area contributed by atoms with E-state index >= 15 is 0 Å². The van der Waals surface area contributed by atoms with E-state index in [0.717, 1.165) is 17.0 Å². The minimum absolute atomic E-state index is 0.0144. The molecule has 0 aliphatic carbocycles. The summed E-state index contributed by atoms with van der Waals surface area (Å²) in [5.74, 6) is -0.0578. The van der Waals surface area contributed by atoms with E-state index < -0.39 is 6.04 Å². The van der Waals surface area contributed by atoms with Crippen LogP contribution in [-0.4, -0.2) is 39.5 Å². The van der Waals surface area contributed by atoms with Gasteiger partial charge in [0, 0.05) is 23.6 Å². The second-order valence-corrected chi connectivity index (χ2v) is 11.3. The minimum Gasteiger partial charge on any atom is -0.497 e. The van der Waals surface area contributed by atoms with Crippen LogP contribution in [0.4, 0.5) is 10.1 Å². The number of halogens is 1. The number of thioether (sulfide) groups is 1. The van der Waals surface area contributed by atoms with Gasteiger partial charge in [-0.3, -0.25) is 9.59 Å². The minimum atomic E-state index is -0.966. The molecule has 1 atom stereocenters. The SMILES string of the molecule is COc1ccc(NC(=O)[C@H](c2ccc(C(C)C)cc2)N(Cc2ccc(F)cc2)C(=O)CSc2nc(C)cc(C)n2)cc1. The van der Waals surface area contributed by atoms with Crippen LogP contribution in [0, 0.1) is 19.7 Å². The molecule has 1 N–H and O–H groups in total. The fraction of sp³-hybridized carbons (Fsp3) is 0.273. The second-order valence-electron chi connectivity index (χ2n) is 10.3. The zero-order valence-corrected chi connectivity index (χ0v) is 25.2. The standard InChI is InChI=1S/C33H35FN4O3S/c1-21(2)25-8-10-26(11-9-25)31(32(40)37-28-14-16-29(41-5)17-15-28)38(19-24-6-12-27(34)13-7-24)30(39)20-42-33-35-22(3)18-23(4)36-33/h6-18,21,31H,19-20H2,1-5H3,(H,37,40)/t31-/m0/s1. The van der Waals surface area contributed by atoms with Gasteiger partial charge in [0.05, 0.1) is 12.9 Å². The van der Waals surface area contributed by atoms with E-state index in [1.54, 1.807) is 43.5 Å². The van der Waals surface area contributed by atoms with Gasteiger partial charge < -0.3 is 15.0 Å². The number of carbonyl (C=O) groups is 2. The summed E-state index contributed by atoms with van der Waals surface area (Å²) in [6, 6.07) is 21.6. The molecule has 7 nitrogen and oxygen atoms in total. The first-order chi connectivity index (χ1) is 20.1. The van der Waals surface area contributed by atoms with Crippen molar-refractivity contribution >= 4 is 29.3 Å². The number of benzene rings is 3. The fourth-order valence-electron chi connectivity index (χ4n) is 4.50. The number of anilines is 1. The molecule has 1 heterocycles. The molecule has 4 rings (SSSR count). The molecule has 0 spiro atoms. The molecule has 9 heteroatoms. The van der Waals surface area contributed by atoms with Crippen LogP contribution in [0.3, 0.4) is 0 Å². The first-order valence-electron chi connectivity index (χ1n) is 13.7. The maximum Gasteiger partial charge on any atom is 0.251 e. The largest absolute Gasteiger partial charge is 0.497 e. The number of hydrogen-bond donors (Lipinski definition) is 1. The third-order valence-electron chi connectivity index (χ3n) is 6.71. The zero-order valence-electron chi connectivity index (χ0n) is 24.4. The fourth-order valence-corrected chi connectivity index (χ4v) is 5.33. The summed E-state index contributed by atoms with van der Waals surface area (Å²) < 4.78 is 19.0. The van der Waals surface area contributed by atoms with Gasteiger partial charge in [-0.2, -0.15) is 0 Å². The van der Waals surface area contributed by atoms with E-state index in [1.165, 1.54) is 28.8 Å². The molecule has 3 aromatic carbocycles. The van der Waals surface area contributed by atoms with Crippen molar-refractivity contribution in [1.29, 1.82) is 0 Å². The Hall–Kier alpha value is -4.24. The summed E-state index contributed by atoms with van der Waals surface area (Å²) in [4.78, 5) is 38.4. The molecule has 4 aromatic rings. The first kappa shape index (κ1) is 30.7. The third-order valence-corrected chi connectivity index (χ3v) is 7.54. The Morgan fingerprint density at radius 2 is 1.50 bits per heavy atom. The van der Waals surface area contributed by atoms with Gasteiger partial charge in [0.25, 0.3) is 5.91 Å². The van der Waals surface area contributed by atoms with Gasteiger partial charge in [-0.15, -0.1) is 0 Å². The highest BCUT2D eigenvalue weighted by Crippen LogP contribution is 2.29. The van der Waals surface area contributed by atoms with Crippen LogP contribution >= 0.6 is 11.8 Å². The van der Waals surface area contributed by atoms with Crippen molar-refractivity contribution in [1.82, 2.24) is 14.9 Å². The van der Waals surface area contributed by atoms with Crippen LogP contribution < -0.4 is 10.1 Å². The summed E-state index contributed by atoms with van der Waals surface area (Å²) >= 11 is 1.22. The van der Waals surface area contributed by atoms with Crippen LogP contribution in [0.5, 0.6) is 5.75 Å². The van der Waals surface area contributed by atoms with Crippen LogP contribution in [-0.2, 0) is 16.1 Å². The highest BCUT2D eigenvalue weighted by molar-refractivity contribution is 7.99. The lowest BCUT2D eigenvalue weighted by molar-refractivity contribution is -0.137. The molecular weight excluding hydrogens is 551 g/mol. The average molecular weight is 587 g/mol. The Bertz CT molecular complexity index is 1490. The molecule has 0 saturated heterocycles. The molecule has 0 radical (unpaired) electrons. The first-order valence-corrected chi connectivity index (χ1v) is 14.6. The lowest BCUT2D eigenvalue weighted by atomic mass is 9.97. The molecule has 0 fully saturated rings. The number of carbonyl (C=O) groups excluding carboxylic acids is 2. The van der Waals surface area contributed by atoms with Crippen molar-refractivity contribution < 1.29 is 18.7 Å². The molecule has 0 bridgehead atoms. The maximum absolute atomic E-state index is 14.0. The zero-order chi connectivity index (χ0) is 30.2. The number of nitrogens with zero attached hydrogens (tertiary/aromatic N) is 3. The number of aryl methyl sites for hydroxylation is 2. The van der Waals surface area contributed by atoms with Crippen molar-refractivity contribution in [3.8, 4) is 5.75 Å². The summed E-state index contributed by atoms with van der Waals surface area (Å²) in [5.41, 5.74) is 4.65. The molecule has 0 unspecified atom stereocenters. The van der Waals surface area contributed by atoms with Crippen molar-refractivity contribution in [2.24, 2.45) is 0 Å². The Morgan fingerprint density at radius 3 is 2.07 bits per heavy atom. The molecule has 1 aromatic heterocycles. The Balaban J connectivity index is 1.71. The molecule has 0 aliphatic rings. The van der Waals surface area contributed by atoms with Crippen molar-refractivity contribution in [3.05, 3.63) is 113 Å². The Labute approximate surface area is 250 Å². The van der Waals surface area contributed by atoms with Gasteiger partial charge in [-0.05, 0) is 78.9 Å². The van der Waals surface area contributed by atoms with Gasteiger partial charge in [0.15, 0.2) is 5.16 Å². The van der Waals surface area contributed by atoms with Crippen LogP contribution in [0.15, 0.2) is 84.0 Å². The third kappa shape index (κ3) is 8.16. The van der Waals surface area contributed by atoms with Gasteiger partial charge in [-0.1, -0.05) is 62.0 Å². The Kier molecular flexibility index (Phi) is 10.3.